The van der Waals surface area contributed by atoms with Crippen molar-refractivity contribution in [2.45, 2.75) is 44.3 Å². The molecule has 26 heavy (non-hydrogen) atoms. The van der Waals surface area contributed by atoms with E-state index in [2.05, 4.69) is 16.4 Å². The Morgan fingerprint density at radius 3 is 2.92 bits per heavy atom. The summed E-state index contributed by atoms with van der Waals surface area (Å²) in [5.41, 5.74) is -0.557. The first kappa shape index (κ1) is 16.8. The summed E-state index contributed by atoms with van der Waals surface area (Å²) in [4.78, 5) is 15.7. The number of alkyl halides is 2. The molecular formula is C18H18F2N4O2. The van der Waals surface area contributed by atoms with Gasteiger partial charge in [-0.05, 0) is 24.6 Å². The van der Waals surface area contributed by atoms with Gasteiger partial charge in [-0.1, -0.05) is 6.92 Å². The van der Waals surface area contributed by atoms with Gasteiger partial charge in [0.25, 0.3) is 5.92 Å². The third-order valence-electron chi connectivity index (χ3n) is 5.62. The van der Waals surface area contributed by atoms with Gasteiger partial charge in [-0.25, -0.2) is 18.6 Å². The fourth-order valence-electron chi connectivity index (χ4n) is 4.16. The zero-order chi connectivity index (χ0) is 18.6. The minimum absolute atomic E-state index is 0.0185. The standard InChI is InChI=1S/C18H18F2N4O2/c1-16(8-17(4-5-18(16,19)20)9-22-15(25)26-17)10-24-11-23-13-3-2-12(7-21)6-14(13)24/h2-3,6,11H,4-5,8-10H2,1H3,(H,22,25)/t16-,17-/m0/s1. The Kier molecular flexibility index (Phi) is 3.48. The Balaban J connectivity index is 1.70. The molecule has 1 N–H and O–H groups in total. The topological polar surface area (TPSA) is 79.9 Å². The zero-order valence-electron chi connectivity index (χ0n) is 14.3. The van der Waals surface area contributed by atoms with Gasteiger partial charge >= 0.3 is 6.09 Å². The van der Waals surface area contributed by atoms with Crippen LogP contribution in [0.25, 0.3) is 11.0 Å². The van der Waals surface area contributed by atoms with Crippen molar-refractivity contribution in [3.8, 4) is 6.07 Å². The number of nitrogens with zero attached hydrogens (tertiary/aromatic N) is 3. The number of halogens is 2. The molecule has 1 spiro atoms. The maximum atomic E-state index is 14.9. The number of imidazole rings is 1. The number of hydrogen-bond acceptors (Lipinski definition) is 4. The monoisotopic (exact) mass is 360 g/mol. The molecule has 4 rings (SSSR count). The van der Waals surface area contributed by atoms with E-state index in [9.17, 15) is 13.6 Å². The first-order chi connectivity index (χ1) is 12.3. The van der Waals surface area contributed by atoms with E-state index in [-0.39, 0.29) is 32.4 Å². The largest absolute Gasteiger partial charge is 0.441 e. The normalized spacial score (nSPS) is 30.2. The van der Waals surface area contributed by atoms with Gasteiger partial charge in [-0.2, -0.15) is 5.26 Å². The first-order valence-corrected chi connectivity index (χ1v) is 8.46. The van der Waals surface area contributed by atoms with Gasteiger partial charge in [0.2, 0.25) is 0 Å². The molecule has 8 heteroatoms. The molecule has 0 radical (unpaired) electrons. The maximum Gasteiger partial charge on any atom is 0.407 e. The highest BCUT2D eigenvalue weighted by Gasteiger charge is 2.61. The molecule has 2 aliphatic rings. The van der Waals surface area contributed by atoms with Crippen LogP contribution in [0, 0.1) is 16.7 Å². The average molecular weight is 360 g/mol. The van der Waals surface area contributed by atoms with Gasteiger partial charge in [-0.3, -0.25) is 0 Å². The Morgan fingerprint density at radius 2 is 2.23 bits per heavy atom. The van der Waals surface area contributed by atoms with Crippen LogP contribution in [0.3, 0.4) is 0 Å². The van der Waals surface area contributed by atoms with Crippen LogP contribution in [0.5, 0.6) is 0 Å². The average Bonchev–Trinajstić information content (AvgIpc) is 3.15. The van der Waals surface area contributed by atoms with Gasteiger partial charge in [0.15, 0.2) is 0 Å². The Hall–Kier alpha value is -2.69. The van der Waals surface area contributed by atoms with Crippen LogP contribution >= 0.6 is 0 Å². The number of ether oxygens (including phenoxy) is 1. The minimum atomic E-state index is -2.91. The number of alkyl carbamates (subject to hydrolysis) is 1. The smallest absolute Gasteiger partial charge is 0.407 e. The van der Waals surface area contributed by atoms with Crippen molar-refractivity contribution in [1.29, 1.82) is 5.26 Å². The molecule has 2 aromatic rings. The summed E-state index contributed by atoms with van der Waals surface area (Å²) in [7, 11) is 0. The van der Waals surface area contributed by atoms with Crippen LogP contribution in [-0.4, -0.2) is 33.7 Å². The summed E-state index contributed by atoms with van der Waals surface area (Å²) in [6, 6.07) is 7.06. The first-order valence-electron chi connectivity index (χ1n) is 8.46. The molecule has 1 aromatic heterocycles. The minimum Gasteiger partial charge on any atom is -0.441 e. The summed E-state index contributed by atoms with van der Waals surface area (Å²) in [5.74, 6) is -2.91. The van der Waals surface area contributed by atoms with E-state index in [1.165, 1.54) is 13.3 Å². The van der Waals surface area contributed by atoms with Crippen molar-refractivity contribution in [2.24, 2.45) is 5.41 Å². The third-order valence-corrected chi connectivity index (χ3v) is 5.62. The lowest BCUT2D eigenvalue weighted by atomic mass is 9.66. The second kappa shape index (κ2) is 5.40. The second-order valence-electron chi connectivity index (χ2n) is 7.56. The Labute approximate surface area is 148 Å². The Bertz CT molecular complexity index is 935. The van der Waals surface area contributed by atoms with Gasteiger partial charge < -0.3 is 14.6 Å². The van der Waals surface area contributed by atoms with E-state index in [1.807, 2.05) is 0 Å². The van der Waals surface area contributed by atoms with Crippen LogP contribution in [0.2, 0.25) is 0 Å². The van der Waals surface area contributed by atoms with Crippen molar-refractivity contribution < 1.29 is 18.3 Å². The number of carbonyl (C=O) groups is 1. The predicted molar refractivity (Wildman–Crippen MR) is 88.6 cm³/mol. The highest BCUT2D eigenvalue weighted by molar-refractivity contribution is 5.77. The number of carbonyl (C=O) groups excluding carboxylic acids is 1. The quantitative estimate of drug-likeness (QED) is 0.892. The van der Waals surface area contributed by atoms with E-state index in [4.69, 9.17) is 10.00 Å². The molecule has 2 atom stereocenters. The number of hydrogen-bond donors (Lipinski definition) is 1. The van der Waals surface area contributed by atoms with E-state index < -0.39 is 23.0 Å². The molecule has 1 aromatic carbocycles. The van der Waals surface area contributed by atoms with Crippen molar-refractivity contribution in [3.63, 3.8) is 0 Å². The summed E-state index contributed by atoms with van der Waals surface area (Å²) in [5, 5.41) is 11.7. The molecule has 0 bridgehead atoms. The van der Waals surface area contributed by atoms with E-state index in [0.29, 0.717) is 16.6 Å². The summed E-state index contributed by atoms with van der Waals surface area (Å²) < 4.78 is 36.8. The molecular weight excluding hydrogens is 342 g/mol. The summed E-state index contributed by atoms with van der Waals surface area (Å²) in [6.45, 7) is 1.80. The SMILES string of the molecule is C[C@@]1(Cn2cnc3ccc(C#N)cc32)C[C@@]2(CCC1(F)F)CNC(=O)O2. The number of nitrogens with one attached hydrogen (secondary N) is 1. The Morgan fingerprint density at radius 1 is 1.42 bits per heavy atom. The molecule has 1 saturated carbocycles. The van der Waals surface area contributed by atoms with Gasteiger partial charge in [-0.15, -0.1) is 0 Å². The molecule has 2 heterocycles. The maximum absolute atomic E-state index is 14.9. The number of rotatable bonds is 2. The fourth-order valence-corrected chi connectivity index (χ4v) is 4.16. The zero-order valence-corrected chi connectivity index (χ0v) is 14.3. The lowest BCUT2D eigenvalue weighted by Gasteiger charge is -2.47. The summed E-state index contributed by atoms with van der Waals surface area (Å²) in [6.07, 6.45) is 0.826. The second-order valence-corrected chi connectivity index (χ2v) is 7.56. The van der Waals surface area contributed by atoms with Crippen LogP contribution in [0.4, 0.5) is 13.6 Å². The van der Waals surface area contributed by atoms with Gasteiger partial charge in [0, 0.05) is 19.4 Å². The number of amides is 1. The summed E-state index contributed by atoms with van der Waals surface area (Å²) >= 11 is 0. The predicted octanol–water partition coefficient (Wildman–Crippen LogP) is 3.21. The lowest BCUT2D eigenvalue weighted by Crippen LogP contribution is -2.54. The van der Waals surface area contributed by atoms with Crippen LogP contribution in [-0.2, 0) is 11.3 Å². The van der Waals surface area contributed by atoms with Crippen LogP contribution in [0.1, 0.15) is 31.7 Å². The molecule has 1 aliphatic heterocycles. The van der Waals surface area contributed by atoms with Gasteiger partial charge in [0.1, 0.15) is 5.60 Å². The number of aromatic nitrogens is 2. The highest BCUT2D eigenvalue weighted by Crippen LogP contribution is 2.54. The van der Waals surface area contributed by atoms with Crippen LogP contribution in [0.15, 0.2) is 24.5 Å². The number of benzene rings is 1. The van der Waals surface area contributed by atoms with Crippen molar-refractivity contribution >= 4 is 17.1 Å². The van der Waals surface area contributed by atoms with Crippen molar-refractivity contribution in [3.05, 3.63) is 30.1 Å². The molecule has 1 saturated heterocycles. The molecule has 2 fully saturated rings. The molecule has 1 aliphatic carbocycles. The lowest BCUT2D eigenvalue weighted by molar-refractivity contribution is -0.189. The van der Waals surface area contributed by atoms with E-state index in [0.717, 1.165) is 0 Å². The van der Waals surface area contributed by atoms with Crippen molar-refractivity contribution in [2.75, 3.05) is 6.54 Å². The van der Waals surface area contributed by atoms with E-state index in [1.54, 1.807) is 22.8 Å². The molecule has 0 unspecified atom stereocenters. The highest BCUT2D eigenvalue weighted by atomic mass is 19.3. The number of fused-ring (bicyclic) bond motifs is 1. The third kappa shape index (κ3) is 2.50. The van der Waals surface area contributed by atoms with Gasteiger partial charge in [0.05, 0.1) is 41.0 Å². The van der Waals surface area contributed by atoms with Crippen LogP contribution < -0.4 is 5.32 Å². The molecule has 1 amide bonds. The number of nitriles is 1. The molecule has 136 valence electrons. The fraction of sp³-hybridized carbons (Fsp3) is 0.500. The van der Waals surface area contributed by atoms with E-state index >= 15 is 0 Å². The van der Waals surface area contributed by atoms with Crippen molar-refractivity contribution in [1.82, 2.24) is 14.9 Å². The molecule has 6 nitrogen and oxygen atoms in total.